The molecule has 6 atom stereocenters. The summed E-state index contributed by atoms with van der Waals surface area (Å²) in [5.41, 5.74) is -1.68. The van der Waals surface area contributed by atoms with Gasteiger partial charge >= 0.3 is 68.0 Å². The summed E-state index contributed by atoms with van der Waals surface area (Å²) in [6, 6.07) is 16.1. The molecule has 4 N–H and O–H groups in total. The Hall–Kier alpha value is -7.74. The van der Waals surface area contributed by atoms with Crippen LogP contribution in [-0.4, -0.2) is 110 Å². The molecule has 3 fully saturated rings. The molecule has 3 aliphatic heterocycles. The van der Waals surface area contributed by atoms with Crippen LogP contribution in [0, 0.1) is 0 Å². The first-order valence-corrected chi connectivity index (χ1v) is 21.8. The third-order valence-electron chi connectivity index (χ3n) is 11.5. The number of Topliss-reactive ketones (excluding diaryl/α,β-unsaturated/α-hetero) is 2. The molecule has 0 spiro atoms. The Morgan fingerprint density at radius 2 is 0.577 bits per heavy atom. The molecule has 3 aliphatic rings. The summed E-state index contributed by atoms with van der Waals surface area (Å²) < 4.78 is 59.1. The Balaban J connectivity index is 0.990. The van der Waals surface area contributed by atoms with Gasteiger partial charge in [-0.1, -0.05) is 24.3 Å². The summed E-state index contributed by atoms with van der Waals surface area (Å²) in [7, 11) is 0. The lowest BCUT2D eigenvalue weighted by molar-refractivity contribution is -0.894. The molecule has 6 unspecified atom stereocenters. The number of carbonyl (C=O) groups excluding carboxylic acids is 6. The van der Waals surface area contributed by atoms with Crippen LogP contribution in [0.3, 0.4) is 0 Å². The highest BCUT2D eigenvalue weighted by molar-refractivity contribution is 5.94. The Labute approximate surface area is 399 Å². The van der Waals surface area contributed by atoms with Gasteiger partial charge in [-0.25, -0.2) is 19.2 Å². The molecule has 24 nitrogen and oxygen atoms in total. The Morgan fingerprint density at radius 1 is 0.380 bits per heavy atom. The molecule has 0 bridgehead atoms. The van der Waals surface area contributed by atoms with Gasteiger partial charge < -0.3 is 47.4 Å². The van der Waals surface area contributed by atoms with Gasteiger partial charge in [-0.3, -0.25) is 30.4 Å². The molecule has 4 aromatic carbocycles. The molecule has 370 valence electrons. The number of benzene rings is 4. The summed E-state index contributed by atoms with van der Waals surface area (Å²) in [4.78, 5) is 79.5. The topological polar surface area (TPSA) is 291 Å². The maximum absolute atomic E-state index is 14.1. The number of fused-ring (bicyclic) bond motifs is 4. The number of hydrogen-bond acceptors (Lipinski definition) is 20. The molecular formula is C47H46N4O20+4. The van der Waals surface area contributed by atoms with Crippen molar-refractivity contribution in [2.45, 2.75) is 109 Å². The number of esters is 4. The lowest BCUT2D eigenvalue weighted by Gasteiger charge is -2.16. The minimum Gasteiger partial charge on any atom is -0.417 e. The van der Waals surface area contributed by atoms with Crippen LogP contribution in [0.2, 0.25) is 0 Å². The van der Waals surface area contributed by atoms with Crippen LogP contribution in [0.5, 0.6) is 23.0 Å². The van der Waals surface area contributed by atoms with Gasteiger partial charge in [-0.2, -0.15) is 0 Å². The molecule has 3 saturated heterocycles. The largest absolute Gasteiger partial charge is 0.417 e. The van der Waals surface area contributed by atoms with Crippen molar-refractivity contribution in [2.24, 2.45) is 0 Å². The van der Waals surface area contributed by atoms with Crippen molar-refractivity contribution >= 4 is 79.6 Å². The van der Waals surface area contributed by atoms with E-state index in [0.29, 0.717) is 18.9 Å². The van der Waals surface area contributed by atoms with Crippen LogP contribution in [0.15, 0.2) is 72.8 Å². The second kappa shape index (κ2) is 17.3. The first kappa shape index (κ1) is 48.3. The van der Waals surface area contributed by atoms with E-state index in [4.69, 9.17) is 47.4 Å². The number of para-hydroxylation sites is 4. The van der Waals surface area contributed by atoms with E-state index in [0.717, 1.165) is 0 Å². The molecule has 71 heavy (non-hydrogen) atoms. The number of nitrogens with zero attached hydrogens (tertiary/aromatic N) is 4. The fraction of sp³-hybridized carbons (Fsp3) is 0.362. The molecule has 0 aliphatic carbocycles. The van der Waals surface area contributed by atoms with Crippen molar-refractivity contribution in [1.29, 1.82) is 0 Å². The normalized spacial score (nSPS) is 23.2. The predicted molar refractivity (Wildman–Crippen MR) is 228 cm³/mol. The van der Waals surface area contributed by atoms with Crippen LogP contribution in [-0.2, 0) is 57.2 Å². The zero-order valence-corrected chi connectivity index (χ0v) is 39.0. The molecular weight excluding hydrogens is 941 g/mol. The quantitative estimate of drug-likeness (QED) is 0.0497. The number of hydrogen-bond donors (Lipinski definition) is 4. The van der Waals surface area contributed by atoms with Crippen molar-refractivity contribution in [1.82, 2.24) is 0 Å². The summed E-state index contributed by atoms with van der Waals surface area (Å²) in [6.07, 6.45) is -9.15. The van der Waals surface area contributed by atoms with Gasteiger partial charge in [0.05, 0.1) is 0 Å². The molecule has 0 saturated carbocycles. The molecule has 2 aromatic heterocycles. The fourth-order valence-corrected chi connectivity index (χ4v) is 8.62. The Bertz CT molecular complexity index is 3090. The SMILES string of the molecule is CC(=O)C1OC(C)(C)OC1C(=O)Oc1cccc2c1[n+](O)c1cccc(OC(=O)C3OC(C)(C)OC3C(=O)Oc3cccc4c3[n+](O)c3cccc(OC(=O)C5OC(C)(C)OC5C(C)=O)c3[n+]4O)c1[n+]2O. The molecule has 9 rings (SSSR count). The van der Waals surface area contributed by atoms with Crippen molar-refractivity contribution in [3.63, 3.8) is 0 Å². The van der Waals surface area contributed by atoms with Gasteiger partial charge in [0.15, 0.2) is 65.6 Å². The molecule has 6 aromatic rings. The van der Waals surface area contributed by atoms with Crippen molar-refractivity contribution in [3.05, 3.63) is 72.8 Å². The Morgan fingerprint density at radius 3 is 0.789 bits per heavy atom. The third-order valence-corrected chi connectivity index (χ3v) is 11.5. The maximum atomic E-state index is 14.1. The maximum Gasteiger partial charge on any atom is 0.375 e. The highest BCUT2D eigenvalue weighted by Crippen LogP contribution is 2.36. The van der Waals surface area contributed by atoms with E-state index >= 15 is 0 Å². The number of rotatable bonds is 10. The summed E-state index contributed by atoms with van der Waals surface area (Å²) in [5.74, 6) is -10.9. The zero-order valence-electron chi connectivity index (χ0n) is 39.0. The first-order chi connectivity index (χ1) is 33.4. The molecule has 0 amide bonds. The van der Waals surface area contributed by atoms with Crippen LogP contribution < -0.4 is 37.9 Å². The van der Waals surface area contributed by atoms with E-state index in [1.54, 1.807) is 0 Å². The fourth-order valence-electron chi connectivity index (χ4n) is 8.62. The standard InChI is InChI=1S/C47H46N4O20/c1-21(52)35-37(68-45(3,4)66-35)41(54)62-27-17-9-13-23-31(27)48(58)25-15-11-19-29(33(25)50(23)60)64-43(56)39-40(71-47(7,8)70-39)44(57)65-30-20-12-16-26-34(30)51(61)24-14-10-18-28(32(24)49(26)59)63-42(55)38-36(22(2)53)67-46(5,6)69-38/h9-20,35-40,58-61H,1-8H3/q+4. The van der Waals surface area contributed by atoms with E-state index in [9.17, 15) is 49.6 Å². The third kappa shape index (κ3) is 8.59. The highest BCUT2D eigenvalue weighted by Gasteiger charge is 2.53. The lowest BCUT2D eigenvalue weighted by Crippen LogP contribution is -2.45. The van der Waals surface area contributed by atoms with E-state index in [1.807, 2.05) is 0 Å². The van der Waals surface area contributed by atoms with Crippen LogP contribution >= 0.6 is 0 Å². The zero-order chi connectivity index (χ0) is 51.2. The van der Waals surface area contributed by atoms with Crippen molar-refractivity contribution < 1.29 is 116 Å². The smallest absolute Gasteiger partial charge is 0.375 e. The van der Waals surface area contributed by atoms with Gasteiger partial charge in [0.1, 0.15) is 0 Å². The molecule has 5 heterocycles. The van der Waals surface area contributed by atoms with E-state index in [2.05, 4.69) is 0 Å². The monoisotopic (exact) mass is 986 g/mol. The minimum absolute atomic E-state index is 0.157. The second-order valence-corrected chi connectivity index (χ2v) is 18.1. The van der Waals surface area contributed by atoms with Crippen LogP contribution in [0.1, 0.15) is 55.4 Å². The second-order valence-electron chi connectivity index (χ2n) is 18.1. The average Bonchev–Trinajstić information content (AvgIpc) is 3.95. The molecule has 0 radical (unpaired) electrons. The van der Waals surface area contributed by atoms with Crippen LogP contribution in [0.4, 0.5) is 0 Å². The van der Waals surface area contributed by atoms with Gasteiger partial charge in [0.25, 0.3) is 0 Å². The summed E-state index contributed by atoms with van der Waals surface area (Å²) in [5, 5.41) is 46.4. The van der Waals surface area contributed by atoms with Gasteiger partial charge in [-0.15, -0.1) is 0 Å². The Kier molecular flexibility index (Phi) is 11.8. The predicted octanol–water partition coefficient (Wildman–Crippen LogP) is 1.46. The molecule has 24 heteroatoms. The van der Waals surface area contributed by atoms with Crippen molar-refractivity contribution in [3.8, 4) is 23.0 Å². The van der Waals surface area contributed by atoms with Gasteiger partial charge in [0.2, 0.25) is 23.0 Å². The van der Waals surface area contributed by atoms with Crippen molar-refractivity contribution in [2.75, 3.05) is 0 Å². The number of ketones is 2. The van der Waals surface area contributed by atoms with E-state index in [1.165, 1.54) is 128 Å². The number of aromatic nitrogens is 4. The van der Waals surface area contributed by atoms with E-state index in [-0.39, 0.29) is 67.1 Å². The summed E-state index contributed by atoms with van der Waals surface area (Å²) in [6.45, 7) is 11.4. The summed E-state index contributed by atoms with van der Waals surface area (Å²) >= 11 is 0. The minimum atomic E-state index is -1.84. The number of ether oxygens (including phenoxy) is 10. The number of carbonyl (C=O) groups is 6. The van der Waals surface area contributed by atoms with E-state index < -0.39 is 89.4 Å². The lowest BCUT2D eigenvalue weighted by atomic mass is 10.1. The average molecular weight is 987 g/mol. The van der Waals surface area contributed by atoms with Gasteiger partial charge in [-0.05, 0) is 79.7 Å². The highest BCUT2D eigenvalue weighted by atomic mass is 16.8. The van der Waals surface area contributed by atoms with Gasteiger partial charge in [0, 0.05) is 43.2 Å². The van der Waals surface area contributed by atoms with Crippen LogP contribution in [0.25, 0.3) is 44.1 Å². The first-order valence-electron chi connectivity index (χ1n) is 21.8.